The van der Waals surface area contributed by atoms with Gasteiger partial charge in [0.2, 0.25) is 12.0 Å². The van der Waals surface area contributed by atoms with Gasteiger partial charge in [-0.1, -0.05) is 11.6 Å². The molecule has 88 valence electrons. The van der Waals surface area contributed by atoms with Crippen LogP contribution in [0.15, 0.2) is 36.9 Å². The Kier molecular flexibility index (Phi) is 3.51. The molecule has 2 aromatic rings. The zero-order chi connectivity index (χ0) is 12.3. The van der Waals surface area contributed by atoms with Gasteiger partial charge >= 0.3 is 0 Å². The van der Waals surface area contributed by atoms with Crippen LogP contribution in [0.2, 0.25) is 5.02 Å². The zero-order valence-electron chi connectivity index (χ0n) is 9.08. The van der Waals surface area contributed by atoms with Gasteiger partial charge in [0.15, 0.2) is 0 Å². The molecule has 6 heteroatoms. The summed E-state index contributed by atoms with van der Waals surface area (Å²) >= 11 is 5.76. The quantitative estimate of drug-likeness (QED) is 0.780. The summed E-state index contributed by atoms with van der Waals surface area (Å²) in [6, 6.07) is 6.60. The third kappa shape index (κ3) is 2.51. The number of hydrogen-bond donors (Lipinski definition) is 0. The highest BCUT2D eigenvalue weighted by Gasteiger charge is 2.21. The minimum absolute atomic E-state index is 0.199. The molecule has 1 aromatic carbocycles. The number of aromatic nitrogens is 3. The SMILES string of the molecule is COC(C(=O)c1ccc(Cl)cc1)n1cncn1. The van der Waals surface area contributed by atoms with E-state index in [1.807, 2.05) is 0 Å². The molecule has 0 radical (unpaired) electrons. The summed E-state index contributed by atoms with van der Waals surface area (Å²) in [5.74, 6) is -0.199. The molecular weight excluding hydrogens is 242 g/mol. The Morgan fingerprint density at radius 3 is 2.65 bits per heavy atom. The van der Waals surface area contributed by atoms with Crippen LogP contribution >= 0.6 is 11.6 Å². The molecule has 0 amide bonds. The van der Waals surface area contributed by atoms with E-state index in [0.29, 0.717) is 10.6 Å². The average molecular weight is 252 g/mol. The Morgan fingerprint density at radius 2 is 2.12 bits per heavy atom. The molecule has 0 fully saturated rings. The maximum absolute atomic E-state index is 12.1. The summed E-state index contributed by atoms with van der Waals surface area (Å²) in [7, 11) is 1.44. The van der Waals surface area contributed by atoms with E-state index >= 15 is 0 Å². The third-order valence-corrected chi connectivity index (χ3v) is 2.51. The number of hydrogen-bond acceptors (Lipinski definition) is 4. The van der Waals surface area contributed by atoms with Crippen molar-refractivity contribution in [3.05, 3.63) is 47.5 Å². The van der Waals surface area contributed by atoms with Crippen molar-refractivity contribution in [1.82, 2.24) is 14.8 Å². The van der Waals surface area contributed by atoms with Crippen LogP contribution in [0.1, 0.15) is 16.6 Å². The largest absolute Gasteiger partial charge is 0.353 e. The van der Waals surface area contributed by atoms with E-state index in [-0.39, 0.29) is 5.78 Å². The van der Waals surface area contributed by atoms with Gasteiger partial charge in [0.25, 0.3) is 0 Å². The fourth-order valence-corrected chi connectivity index (χ4v) is 1.56. The van der Waals surface area contributed by atoms with E-state index in [2.05, 4.69) is 10.1 Å². The first kappa shape index (κ1) is 11.8. The Labute approximate surface area is 103 Å². The average Bonchev–Trinajstić information content (AvgIpc) is 2.84. The molecule has 17 heavy (non-hydrogen) atoms. The molecule has 0 aliphatic rings. The predicted octanol–water partition coefficient (Wildman–Crippen LogP) is 1.96. The number of halogens is 1. The van der Waals surface area contributed by atoms with E-state index in [4.69, 9.17) is 16.3 Å². The number of ether oxygens (including phenoxy) is 1. The van der Waals surface area contributed by atoms with E-state index in [1.54, 1.807) is 24.3 Å². The normalized spacial score (nSPS) is 12.4. The van der Waals surface area contributed by atoms with Crippen LogP contribution in [-0.4, -0.2) is 27.7 Å². The molecular formula is C11H10ClN3O2. The summed E-state index contributed by atoms with van der Waals surface area (Å²) in [4.78, 5) is 15.9. The van der Waals surface area contributed by atoms with Crippen molar-refractivity contribution in [2.75, 3.05) is 7.11 Å². The van der Waals surface area contributed by atoms with Crippen molar-refractivity contribution in [1.29, 1.82) is 0 Å². The van der Waals surface area contributed by atoms with Crippen LogP contribution in [0.3, 0.4) is 0 Å². The maximum atomic E-state index is 12.1. The van der Waals surface area contributed by atoms with E-state index < -0.39 is 6.23 Å². The Bertz CT molecular complexity index is 496. The summed E-state index contributed by atoms with van der Waals surface area (Å²) in [5, 5.41) is 4.47. The van der Waals surface area contributed by atoms with Crippen molar-refractivity contribution < 1.29 is 9.53 Å². The molecule has 2 rings (SSSR count). The van der Waals surface area contributed by atoms with Gasteiger partial charge in [-0.25, -0.2) is 9.67 Å². The van der Waals surface area contributed by atoms with Gasteiger partial charge in [-0.2, -0.15) is 5.10 Å². The fraction of sp³-hybridized carbons (Fsp3) is 0.182. The summed E-state index contributed by atoms with van der Waals surface area (Å²) in [6.45, 7) is 0. The van der Waals surface area contributed by atoms with Gasteiger partial charge in [-0.3, -0.25) is 4.79 Å². The molecule has 5 nitrogen and oxygen atoms in total. The van der Waals surface area contributed by atoms with Crippen LogP contribution in [0.4, 0.5) is 0 Å². The topological polar surface area (TPSA) is 57.0 Å². The summed E-state index contributed by atoms with van der Waals surface area (Å²) in [5.41, 5.74) is 0.511. The fourth-order valence-electron chi connectivity index (χ4n) is 1.43. The lowest BCUT2D eigenvalue weighted by Crippen LogP contribution is -2.22. The van der Waals surface area contributed by atoms with Crippen LogP contribution < -0.4 is 0 Å². The van der Waals surface area contributed by atoms with Gasteiger partial charge < -0.3 is 4.74 Å². The van der Waals surface area contributed by atoms with E-state index in [9.17, 15) is 4.79 Å². The number of benzene rings is 1. The second-order valence-electron chi connectivity index (χ2n) is 3.33. The molecule has 1 atom stereocenters. The highest BCUT2D eigenvalue weighted by molar-refractivity contribution is 6.30. The summed E-state index contributed by atoms with van der Waals surface area (Å²) < 4.78 is 6.48. The second-order valence-corrected chi connectivity index (χ2v) is 3.77. The minimum atomic E-state index is -0.807. The van der Waals surface area contributed by atoms with Gasteiger partial charge in [-0.15, -0.1) is 0 Å². The summed E-state index contributed by atoms with van der Waals surface area (Å²) in [6.07, 6.45) is 1.97. The standard InChI is InChI=1S/C11H10ClN3O2/c1-17-11(15-7-13-6-14-15)10(16)8-2-4-9(12)5-3-8/h2-7,11H,1H3. The first-order valence-electron chi connectivity index (χ1n) is 4.89. The van der Waals surface area contributed by atoms with Gasteiger partial charge in [0, 0.05) is 17.7 Å². The lowest BCUT2D eigenvalue weighted by atomic mass is 10.1. The monoisotopic (exact) mass is 251 g/mol. The van der Waals surface area contributed by atoms with Crippen molar-refractivity contribution in [2.24, 2.45) is 0 Å². The van der Waals surface area contributed by atoms with Crippen LogP contribution in [-0.2, 0) is 4.74 Å². The second kappa shape index (κ2) is 5.07. The number of Topliss-reactive ketones (excluding diaryl/α,β-unsaturated/α-hetero) is 1. The number of nitrogens with zero attached hydrogens (tertiary/aromatic N) is 3. The van der Waals surface area contributed by atoms with Crippen LogP contribution in [0.5, 0.6) is 0 Å². The van der Waals surface area contributed by atoms with Crippen LogP contribution in [0.25, 0.3) is 0 Å². The predicted molar refractivity (Wildman–Crippen MR) is 61.9 cm³/mol. The molecule has 0 bridgehead atoms. The van der Waals surface area contributed by atoms with Gasteiger partial charge in [0.05, 0.1) is 0 Å². The van der Waals surface area contributed by atoms with Gasteiger partial charge in [0.1, 0.15) is 12.7 Å². The van der Waals surface area contributed by atoms with Crippen LogP contribution in [0, 0.1) is 0 Å². The number of ketones is 1. The number of carbonyl (C=O) groups excluding carboxylic acids is 1. The number of carbonyl (C=O) groups is 1. The zero-order valence-corrected chi connectivity index (χ0v) is 9.83. The molecule has 0 spiro atoms. The molecule has 1 unspecified atom stereocenters. The first-order valence-corrected chi connectivity index (χ1v) is 5.27. The van der Waals surface area contributed by atoms with Crippen molar-refractivity contribution in [3.8, 4) is 0 Å². The Balaban J connectivity index is 2.26. The van der Waals surface area contributed by atoms with E-state index in [0.717, 1.165) is 0 Å². The highest BCUT2D eigenvalue weighted by Crippen LogP contribution is 2.16. The Hall–Kier alpha value is -1.72. The molecule has 0 aliphatic heterocycles. The molecule has 0 aliphatic carbocycles. The lowest BCUT2D eigenvalue weighted by molar-refractivity contribution is 0.0293. The smallest absolute Gasteiger partial charge is 0.215 e. The van der Waals surface area contributed by atoms with Crippen molar-refractivity contribution >= 4 is 17.4 Å². The Morgan fingerprint density at radius 1 is 1.41 bits per heavy atom. The number of methoxy groups -OCH3 is 1. The molecule has 0 N–H and O–H groups in total. The van der Waals surface area contributed by atoms with E-state index in [1.165, 1.54) is 24.4 Å². The molecule has 0 saturated carbocycles. The molecule has 0 saturated heterocycles. The highest BCUT2D eigenvalue weighted by atomic mass is 35.5. The minimum Gasteiger partial charge on any atom is -0.353 e. The number of rotatable bonds is 4. The molecule has 1 heterocycles. The lowest BCUT2D eigenvalue weighted by Gasteiger charge is -2.13. The molecule has 1 aromatic heterocycles. The third-order valence-electron chi connectivity index (χ3n) is 2.25. The van der Waals surface area contributed by atoms with Crippen molar-refractivity contribution in [3.63, 3.8) is 0 Å². The first-order chi connectivity index (χ1) is 8.22. The van der Waals surface area contributed by atoms with Gasteiger partial charge in [-0.05, 0) is 24.3 Å². The van der Waals surface area contributed by atoms with Crippen molar-refractivity contribution in [2.45, 2.75) is 6.23 Å². The maximum Gasteiger partial charge on any atom is 0.215 e.